The zero-order valence-electron chi connectivity index (χ0n) is 8.74. The number of hydrogen-bond donors (Lipinski definition) is 0. The summed E-state index contributed by atoms with van der Waals surface area (Å²) in [7, 11) is 3.00. The fraction of sp³-hybridized carbons (Fsp3) is 0.111. The molecule has 0 aliphatic rings. The average Bonchev–Trinajstić information content (AvgIpc) is 2.59. The highest BCUT2D eigenvalue weighted by Crippen LogP contribution is 2.16. The van der Waals surface area contributed by atoms with Gasteiger partial charge in [-0.2, -0.15) is 9.78 Å². The molecule has 1 heterocycles. The molecule has 0 spiro atoms. The van der Waals surface area contributed by atoms with Crippen LogP contribution in [0.5, 0.6) is 0 Å². The van der Waals surface area contributed by atoms with E-state index in [-0.39, 0.29) is 10.6 Å². The Morgan fingerprint density at radius 1 is 1.24 bits per heavy atom. The van der Waals surface area contributed by atoms with Crippen molar-refractivity contribution in [3.8, 4) is 5.69 Å². The molecule has 0 saturated carbocycles. The molecule has 2 rings (SSSR count). The molecule has 0 atom stereocenters. The molecule has 0 saturated heterocycles. The summed E-state index contributed by atoms with van der Waals surface area (Å²) < 4.78 is 24.5. The van der Waals surface area contributed by atoms with Crippen molar-refractivity contribution in [1.82, 2.24) is 14.3 Å². The van der Waals surface area contributed by atoms with Crippen LogP contribution in [0.4, 0.5) is 0 Å². The SMILES string of the molecule is Cn1cnn(-c2ccc(S(=O)(=O)Cl)cc2)c1=O. The Morgan fingerprint density at radius 2 is 1.82 bits per heavy atom. The van der Waals surface area contributed by atoms with Crippen LogP contribution in [-0.2, 0) is 16.1 Å². The molecule has 1 aromatic carbocycles. The van der Waals surface area contributed by atoms with Gasteiger partial charge in [0.05, 0.1) is 10.6 Å². The molecule has 0 N–H and O–H groups in total. The van der Waals surface area contributed by atoms with Crippen LogP contribution >= 0.6 is 10.7 Å². The lowest BCUT2D eigenvalue weighted by Gasteiger charge is -2.00. The number of benzene rings is 1. The van der Waals surface area contributed by atoms with E-state index in [4.69, 9.17) is 10.7 Å². The molecule has 1 aromatic heterocycles. The molecule has 0 amide bonds. The molecule has 0 radical (unpaired) electrons. The van der Waals surface area contributed by atoms with Crippen molar-refractivity contribution in [3.63, 3.8) is 0 Å². The second-order valence-corrected chi connectivity index (χ2v) is 5.93. The normalized spacial score (nSPS) is 11.6. The van der Waals surface area contributed by atoms with Crippen molar-refractivity contribution in [2.75, 3.05) is 0 Å². The summed E-state index contributed by atoms with van der Waals surface area (Å²) >= 11 is 0. The van der Waals surface area contributed by atoms with Crippen LogP contribution in [0.2, 0.25) is 0 Å². The minimum absolute atomic E-state index is 0.0214. The predicted octanol–water partition coefficient (Wildman–Crippen LogP) is 0.498. The number of halogens is 1. The second kappa shape index (κ2) is 4.01. The van der Waals surface area contributed by atoms with Gasteiger partial charge in [-0.25, -0.2) is 13.2 Å². The van der Waals surface area contributed by atoms with E-state index < -0.39 is 9.05 Å². The van der Waals surface area contributed by atoms with E-state index in [9.17, 15) is 13.2 Å². The largest absolute Gasteiger partial charge is 0.350 e. The zero-order valence-corrected chi connectivity index (χ0v) is 10.3. The standard InChI is InChI=1S/C9H8ClN3O3S/c1-12-6-11-13(9(12)14)7-2-4-8(5-3-7)17(10,15)16/h2-6H,1H3. The third-order valence-corrected chi connectivity index (χ3v) is 3.56. The maximum Gasteiger partial charge on any atom is 0.350 e. The van der Waals surface area contributed by atoms with Crippen molar-refractivity contribution >= 4 is 19.7 Å². The fourth-order valence-corrected chi connectivity index (χ4v) is 2.07. The van der Waals surface area contributed by atoms with Crippen LogP contribution in [-0.4, -0.2) is 22.8 Å². The molecule has 0 fully saturated rings. The Morgan fingerprint density at radius 3 is 2.24 bits per heavy atom. The summed E-state index contributed by atoms with van der Waals surface area (Å²) in [5.41, 5.74) is 0.158. The first-order valence-corrected chi connectivity index (χ1v) is 6.86. The van der Waals surface area contributed by atoms with Gasteiger partial charge in [0, 0.05) is 17.7 Å². The van der Waals surface area contributed by atoms with Crippen LogP contribution in [0.25, 0.3) is 5.69 Å². The maximum absolute atomic E-state index is 11.6. The molecule has 8 heteroatoms. The minimum atomic E-state index is -3.75. The van der Waals surface area contributed by atoms with Crippen molar-refractivity contribution < 1.29 is 8.42 Å². The van der Waals surface area contributed by atoms with Crippen LogP contribution in [0.3, 0.4) is 0 Å². The summed E-state index contributed by atoms with van der Waals surface area (Å²) in [6.07, 6.45) is 1.37. The first-order valence-electron chi connectivity index (χ1n) is 4.55. The molecule has 0 bridgehead atoms. The van der Waals surface area contributed by atoms with E-state index in [1.54, 1.807) is 7.05 Å². The van der Waals surface area contributed by atoms with Gasteiger partial charge in [-0.15, -0.1) is 0 Å². The van der Waals surface area contributed by atoms with Gasteiger partial charge in [-0.05, 0) is 24.3 Å². The number of nitrogens with zero attached hydrogens (tertiary/aromatic N) is 3. The van der Waals surface area contributed by atoms with Gasteiger partial charge < -0.3 is 0 Å². The quantitative estimate of drug-likeness (QED) is 0.747. The number of rotatable bonds is 2. The Bertz CT molecular complexity index is 700. The molecule has 0 aliphatic carbocycles. The fourth-order valence-electron chi connectivity index (χ4n) is 1.30. The van der Waals surface area contributed by atoms with Crippen LogP contribution in [0, 0.1) is 0 Å². The Hall–Kier alpha value is -1.60. The van der Waals surface area contributed by atoms with Crippen molar-refractivity contribution in [1.29, 1.82) is 0 Å². The number of aryl methyl sites for hydroxylation is 1. The van der Waals surface area contributed by atoms with Gasteiger partial charge >= 0.3 is 5.69 Å². The monoisotopic (exact) mass is 273 g/mol. The van der Waals surface area contributed by atoms with E-state index in [1.807, 2.05) is 0 Å². The van der Waals surface area contributed by atoms with Gasteiger partial charge in [-0.3, -0.25) is 4.57 Å². The molecule has 90 valence electrons. The third-order valence-electron chi connectivity index (χ3n) is 2.19. The molecule has 0 aliphatic heterocycles. The Labute approximate surface area is 101 Å². The lowest BCUT2D eigenvalue weighted by Crippen LogP contribution is -2.21. The summed E-state index contributed by atoms with van der Waals surface area (Å²) in [4.78, 5) is 11.5. The van der Waals surface area contributed by atoms with Crippen LogP contribution in [0.15, 0.2) is 40.3 Å². The minimum Gasteiger partial charge on any atom is -0.284 e. The first-order chi connectivity index (χ1) is 7.89. The van der Waals surface area contributed by atoms with E-state index in [0.29, 0.717) is 5.69 Å². The molecule has 0 unspecified atom stereocenters. The van der Waals surface area contributed by atoms with Gasteiger partial charge in [0.2, 0.25) is 0 Å². The summed E-state index contributed by atoms with van der Waals surface area (Å²) in [5.74, 6) is 0. The van der Waals surface area contributed by atoms with E-state index in [2.05, 4.69) is 5.10 Å². The van der Waals surface area contributed by atoms with Gasteiger partial charge in [-0.1, -0.05) is 0 Å². The Kier molecular flexibility index (Phi) is 2.80. The lowest BCUT2D eigenvalue weighted by atomic mass is 10.3. The highest BCUT2D eigenvalue weighted by atomic mass is 35.7. The zero-order chi connectivity index (χ0) is 12.6. The molecule has 6 nitrogen and oxygen atoms in total. The molecule has 2 aromatic rings. The maximum atomic E-state index is 11.6. The van der Waals surface area contributed by atoms with Gasteiger partial charge in [0.25, 0.3) is 9.05 Å². The lowest BCUT2D eigenvalue weighted by molar-refractivity contribution is 0.609. The topological polar surface area (TPSA) is 74.0 Å². The first kappa shape index (κ1) is 11.9. The van der Waals surface area contributed by atoms with E-state index in [0.717, 1.165) is 4.68 Å². The number of aromatic nitrogens is 3. The Balaban J connectivity index is 2.50. The van der Waals surface area contributed by atoms with Crippen molar-refractivity contribution in [2.24, 2.45) is 7.05 Å². The predicted molar refractivity (Wildman–Crippen MR) is 61.8 cm³/mol. The van der Waals surface area contributed by atoms with Crippen molar-refractivity contribution in [2.45, 2.75) is 4.90 Å². The van der Waals surface area contributed by atoms with Crippen molar-refractivity contribution in [3.05, 3.63) is 41.1 Å². The average molecular weight is 274 g/mol. The molecular weight excluding hydrogens is 266 g/mol. The summed E-state index contributed by atoms with van der Waals surface area (Å²) in [6.45, 7) is 0. The van der Waals surface area contributed by atoms with Crippen LogP contribution < -0.4 is 5.69 Å². The summed E-state index contributed by atoms with van der Waals surface area (Å²) in [5, 5.41) is 3.86. The second-order valence-electron chi connectivity index (χ2n) is 3.37. The molecule has 17 heavy (non-hydrogen) atoms. The molecular formula is C9H8ClN3O3S. The van der Waals surface area contributed by atoms with E-state index >= 15 is 0 Å². The smallest absolute Gasteiger partial charge is 0.284 e. The highest BCUT2D eigenvalue weighted by molar-refractivity contribution is 8.13. The van der Waals surface area contributed by atoms with Gasteiger partial charge in [0.1, 0.15) is 6.33 Å². The van der Waals surface area contributed by atoms with E-state index in [1.165, 1.54) is 35.2 Å². The summed E-state index contributed by atoms with van der Waals surface area (Å²) in [6, 6.07) is 5.56. The number of hydrogen-bond acceptors (Lipinski definition) is 4. The van der Waals surface area contributed by atoms with Gasteiger partial charge in [0.15, 0.2) is 0 Å². The van der Waals surface area contributed by atoms with Crippen LogP contribution in [0.1, 0.15) is 0 Å². The highest BCUT2D eigenvalue weighted by Gasteiger charge is 2.10. The third kappa shape index (κ3) is 2.25.